The van der Waals surface area contributed by atoms with E-state index in [0.29, 0.717) is 12.6 Å². The lowest BCUT2D eigenvalue weighted by Gasteiger charge is -2.23. The molecule has 1 aliphatic rings. The van der Waals surface area contributed by atoms with Crippen molar-refractivity contribution in [2.75, 3.05) is 19.7 Å². The Morgan fingerprint density at radius 2 is 2.18 bits per heavy atom. The van der Waals surface area contributed by atoms with Crippen LogP contribution in [0.1, 0.15) is 32.6 Å². The quantitative estimate of drug-likeness (QED) is 0.563. The van der Waals surface area contributed by atoms with E-state index in [1.807, 2.05) is 0 Å². The lowest BCUT2D eigenvalue weighted by molar-refractivity contribution is -0.128. The summed E-state index contributed by atoms with van der Waals surface area (Å²) in [7, 11) is 0. The van der Waals surface area contributed by atoms with Crippen molar-refractivity contribution in [2.45, 2.75) is 38.6 Å². The predicted molar refractivity (Wildman–Crippen MR) is 62.9 cm³/mol. The van der Waals surface area contributed by atoms with E-state index in [9.17, 15) is 9.59 Å². The summed E-state index contributed by atoms with van der Waals surface area (Å²) in [4.78, 5) is 24.2. The number of nitrogens with zero attached hydrogens (tertiary/aromatic N) is 1. The maximum atomic E-state index is 11.5. The zero-order chi connectivity index (χ0) is 12.7. The molecule has 1 heterocycles. The van der Waals surface area contributed by atoms with Gasteiger partial charge in [0, 0.05) is 19.6 Å². The molecule has 1 fully saturated rings. The van der Waals surface area contributed by atoms with Crippen LogP contribution in [0, 0.1) is 0 Å². The first kappa shape index (κ1) is 13.9. The van der Waals surface area contributed by atoms with Gasteiger partial charge in [0.15, 0.2) is 0 Å². The first-order chi connectivity index (χ1) is 8.13. The Labute approximate surface area is 101 Å². The second-order valence-electron chi connectivity index (χ2n) is 4.36. The first-order valence-electron chi connectivity index (χ1n) is 6.04. The molecule has 1 unspecified atom stereocenters. The van der Waals surface area contributed by atoms with Crippen molar-refractivity contribution < 1.29 is 14.7 Å². The smallest absolute Gasteiger partial charge is 0.252 e. The average molecular weight is 243 g/mol. The summed E-state index contributed by atoms with van der Waals surface area (Å²) in [5.41, 5.74) is 4.63. The van der Waals surface area contributed by atoms with Gasteiger partial charge in [0.1, 0.15) is 0 Å². The molecule has 1 aliphatic heterocycles. The lowest BCUT2D eigenvalue weighted by Crippen LogP contribution is -2.46. The van der Waals surface area contributed by atoms with Gasteiger partial charge in [-0.25, -0.2) is 0 Å². The minimum Gasteiger partial charge on any atom is -0.396 e. The summed E-state index contributed by atoms with van der Waals surface area (Å²) in [5, 5.41) is 8.79. The molecule has 1 atom stereocenters. The second-order valence-corrected chi connectivity index (χ2v) is 4.36. The molecule has 0 aromatic carbocycles. The van der Waals surface area contributed by atoms with Gasteiger partial charge in [0.05, 0.1) is 6.54 Å². The molecule has 0 saturated carbocycles. The van der Waals surface area contributed by atoms with Crippen molar-refractivity contribution in [2.24, 2.45) is 0 Å². The van der Waals surface area contributed by atoms with Gasteiger partial charge in [-0.05, 0) is 32.2 Å². The van der Waals surface area contributed by atoms with E-state index in [0.717, 1.165) is 32.2 Å². The number of hydrogen-bond donors (Lipinski definition) is 3. The summed E-state index contributed by atoms with van der Waals surface area (Å²) in [6, 6.07) is 0.380. The number of aliphatic hydroxyl groups is 1. The van der Waals surface area contributed by atoms with Gasteiger partial charge < -0.3 is 5.11 Å². The molecule has 0 radical (unpaired) electrons. The van der Waals surface area contributed by atoms with E-state index >= 15 is 0 Å². The molecule has 6 heteroatoms. The van der Waals surface area contributed by atoms with Crippen LogP contribution in [-0.4, -0.2) is 47.6 Å². The molecule has 0 spiro atoms. The predicted octanol–water partition coefficient (Wildman–Crippen LogP) is -0.609. The Balaban J connectivity index is 2.28. The van der Waals surface area contributed by atoms with Gasteiger partial charge in [-0.2, -0.15) is 0 Å². The molecule has 6 nitrogen and oxygen atoms in total. The summed E-state index contributed by atoms with van der Waals surface area (Å²) in [6.07, 6.45) is 3.86. The maximum Gasteiger partial charge on any atom is 0.252 e. The van der Waals surface area contributed by atoms with E-state index in [1.165, 1.54) is 6.92 Å². The molecular weight excluding hydrogens is 222 g/mol. The van der Waals surface area contributed by atoms with E-state index in [2.05, 4.69) is 15.8 Å². The molecular formula is C11H21N3O3. The largest absolute Gasteiger partial charge is 0.396 e. The summed E-state index contributed by atoms with van der Waals surface area (Å²) in [6.45, 7) is 2.75. The fraction of sp³-hybridized carbons (Fsp3) is 0.818. The number of hydrogen-bond acceptors (Lipinski definition) is 4. The van der Waals surface area contributed by atoms with Gasteiger partial charge >= 0.3 is 0 Å². The summed E-state index contributed by atoms with van der Waals surface area (Å²) < 4.78 is 0. The molecule has 0 aromatic rings. The molecule has 17 heavy (non-hydrogen) atoms. The maximum absolute atomic E-state index is 11.5. The van der Waals surface area contributed by atoms with E-state index < -0.39 is 0 Å². The van der Waals surface area contributed by atoms with Crippen LogP contribution in [-0.2, 0) is 9.59 Å². The van der Waals surface area contributed by atoms with E-state index in [1.54, 1.807) is 0 Å². The van der Waals surface area contributed by atoms with Gasteiger partial charge in [-0.15, -0.1) is 0 Å². The van der Waals surface area contributed by atoms with Crippen LogP contribution in [0.15, 0.2) is 0 Å². The topological polar surface area (TPSA) is 81.7 Å². The van der Waals surface area contributed by atoms with Crippen molar-refractivity contribution in [1.82, 2.24) is 15.8 Å². The van der Waals surface area contributed by atoms with Crippen LogP contribution >= 0.6 is 0 Å². The molecule has 98 valence electrons. The zero-order valence-electron chi connectivity index (χ0n) is 10.2. The van der Waals surface area contributed by atoms with Crippen LogP contribution in [0.5, 0.6) is 0 Å². The summed E-state index contributed by atoms with van der Waals surface area (Å²) in [5.74, 6) is -0.479. The zero-order valence-corrected chi connectivity index (χ0v) is 10.2. The normalized spacial score (nSPS) is 20.2. The van der Waals surface area contributed by atoms with Crippen LogP contribution in [0.2, 0.25) is 0 Å². The highest BCUT2D eigenvalue weighted by Gasteiger charge is 2.25. The highest BCUT2D eigenvalue weighted by atomic mass is 16.3. The molecule has 1 rings (SSSR count). The standard InChI is InChI=1S/C11H21N3O3/c1-9(16)12-13-11(17)8-14-6-2-4-10(14)5-3-7-15/h10,15H,2-8H2,1H3,(H,12,16)(H,13,17). The lowest BCUT2D eigenvalue weighted by atomic mass is 10.1. The van der Waals surface area contributed by atoms with Crippen molar-refractivity contribution in [3.8, 4) is 0 Å². The van der Waals surface area contributed by atoms with E-state index in [-0.39, 0.29) is 18.4 Å². The number of rotatable bonds is 5. The molecule has 0 aliphatic carbocycles. The monoisotopic (exact) mass is 243 g/mol. The van der Waals surface area contributed by atoms with Crippen LogP contribution in [0.3, 0.4) is 0 Å². The third-order valence-corrected chi connectivity index (χ3v) is 2.92. The molecule has 0 bridgehead atoms. The number of hydrazine groups is 1. The van der Waals surface area contributed by atoms with Crippen molar-refractivity contribution in [1.29, 1.82) is 0 Å². The number of amides is 2. The highest BCUT2D eigenvalue weighted by molar-refractivity contribution is 5.81. The third-order valence-electron chi connectivity index (χ3n) is 2.92. The van der Waals surface area contributed by atoms with Crippen molar-refractivity contribution in [3.63, 3.8) is 0 Å². The highest BCUT2D eigenvalue weighted by Crippen LogP contribution is 2.20. The van der Waals surface area contributed by atoms with Gasteiger partial charge in [0.2, 0.25) is 5.91 Å². The average Bonchev–Trinajstić information content (AvgIpc) is 2.71. The number of carbonyl (C=O) groups is 2. The Bertz CT molecular complexity index is 271. The number of aliphatic hydroxyl groups excluding tert-OH is 1. The van der Waals surface area contributed by atoms with Crippen LogP contribution < -0.4 is 10.9 Å². The molecule has 1 saturated heterocycles. The number of nitrogens with one attached hydrogen (secondary N) is 2. The Morgan fingerprint density at radius 1 is 1.41 bits per heavy atom. The fourth-order valence-electron chi connectivity index (χ4n) is 2.14. The van der Waals surface area contributed by atoms with Crippen molar-refractivity contribution in [3.05, 3.63) is 0 Å². The van der Waals surface area contributed by atoms with Gasteiger partial charge in [-0.1, -0.05) is 0 Å². The molecule has 0 aromatic heterocycles. The number of carbonyl (C=O) groups excluding carboxylic acids is 2. The third kappa shape index (κ3) is 5.14. The SMILES string of the molecule is CC(=O)NNC(=O)CN1CCCC1CCCO. The summed E-state index contributed by atoms with van der Waals surface area (Å²) >= 11 is 0. The minimum absolute atomic E-state index is 0.197. The Hall–Kier alpha value is -1.14. The number of likely N-dealkylation sites (tertiary alicyclic amines) is 1. The van der Waals surface area contributed by atoms with Crippen molar-refractivity contribution >= 4 is 11.8 Å². The molecule has 3 N–H and O–H groups in total. The first-order valence-corrected chi connectivity index (χ1v) is 6.04. The Kier molecular flexibility index (Phi) is 5.93. The van der Waals surface area contributed by atoms with Crippen LogP contribution in [0.25, 0.3) is 0 Å². The minimum atomic E-state index is -0.281. The fourth-order valence-corrected chi connectivity index (χ4v) is 2.14. The van der Waals surface area contributed by atoms with E-state index in [4.69, 9.17) is 5.11 Å². The second kappa shape index (κ2) is 7.24. The molecule has 2 amide bonds. The van der Waals surface area contributed by atoms with Gasteiger partial charge in [-0.3, -0.25) is 25.3 Å². The van der Waals surface area contributed by atoms with Gasteiger partial charge in [0.25, 0.3) is 5.91 Å². The Morgan fingerprint density at radius 3 is 2.82 bits per heavy atom. The van der Waals surface area contributed by atoms with Crippen LogP contribution in [0.4, 0.5) is 0 Å².